The van der Waals surface area contributed by atoms with Crippen LogP contribution < -0.4 is 10.1 Å². The van der Waals surface area contributed by atoms with Gasteiger partial charge in [-0.2, -0.15) is 0 Å². The number of amides is 2. The van der Waals surface area contributed by atoms with Crippen molar-refractivity contribution in [2.75, 3.05) is 47.3 Å². The van der Waals surface area contributed by atoms with Crippen LogP contribution >= 0.6 is 0 Å². The Bertz CT molecular complexity index is 1590. The molecule has 0 aliphatic heterocycles. The van der Waals surface area contributed by atoms with E-state index < -0.39 is 6.10 Å². The number of benzene rings is 4. The monoisotopic (exact) mass is 640 g/mol. The van der Waals surface area contributed by atoms with Gasteiger partial charge in [0.2, 0.25) is 5.91 Å². The summed E-state index contributed by atoms with van der Waals surface area (Å²) < 4.78 is 21.8. The molecule has 8 heteroatoms. The van der Waals surface area contributed by atoms with Crippen LogP contribution in [0.3, 0.4) is 0 Å². The summed E-state index contributed by atoms with van der Waals surface area (Å²) in [4.78, 5) is 27.8. The van der Waals surface area contributed by atoms with Crippen LogP contribution in [0.5, 0.6) is 5.75 Å². The SMILES string of the molecule is CCOC(Cc1ccc(-c2cccc(CN(C)C(=O)c3ccc4cc(OCOCCOC)ccc4c3)c2)cc1)C(=O)NCCC(C)C. The van der Waals surface area contributed by atoms with Crippen LogP contribution in [0.25, 0.3) is 21.9 Å². The van der Waals surface area contributed by atoms with Gasteiger partial charge in [-0.3, -0.25) is 9.59 Å². The van der Waals surface area contributed by atoms with Crippen LogP contribution in [0.2, 0.25) is 0 Å². The Balaban J connectivity index is 1.35. The molecule has 0 spiro atoms. The molecule has 0 aliphatic carbocycles. The van der Waals surface area contributed by atoms with Crippen LogP contribution in [0.4, 0.5) is 0 Å². The van der Waals surface area contributed by atoms with Crippen molar-refractivity contribution in [1.82, 2.24) is 10.2 Å². The van der Waals surface area contributed by atoms with Crippen molar-refractivity contribution >= 4 is 22.6 Å². The summed E-state index contributed by atoms with van der Waals surface area (Å²) >= 11 is 0. The number of methoxy groups -OCH3 is 1. The Morgan fingerprint density at radius 3 is 2.36 bits per heavy atom. The normalized spacial score (nSPS) is 11.9. The van der Waals surface area contributed by atoms with Crippen molar-refractivity contribution in [1.29, 1.82) is 0 Å². The molecule has 250 valence electrons. The third-order valence-corrected chi connectivity index (χ3v) is 7.88. The number of carbonyl (C=O) groups is 2. The van der Waals surface area contributed by atoms with E-state index in [-0.39, 0.29) is 18.6 Å². The highest BCUT2D eigenvalue weighted by Crippen LogP contribution is 2.25. The minimum atomic E-state index is -0.514. The van der Waals surface area contributed by atoms with Gasteiger partial charge in [0.15, 0.2) is 6.79 Å². The Kier molecular flexibility index (Phi) is 13.8. The molecule has 0 heterocycles. The van der Waals surface area contributed by atoms with Crippen LogP contribution in [-0.2, 0) is 32.0 Å². The summed E-state index contributed by atoms with van der Waals surface area (Å²) in [6.45, 7) is 8.94. The zero-order chi connectivity index (χ0) is 33.6. The molecule has 1 unspecified atom stereocenters. The van der Waals surface area contributed by atoms with Crippen molar-refractivity contribution in [3.05, 3.63) is 102 Å². The molecule has 1 N–H and O–H groups in total. The highest BCUT2D eigenvalue weighted by Gasteiger charge is 2.19. The lowest BCUT2D eigenvalue weighted by Crippen LogP contribution is -2.38. The Morgan fingerprint density at radius 1 is 0.851 bits per heavy atom. The van der Waals surface area contributed by atoms with Gasteiger partial charge in [-0.05, 0) is 82.6 Å². The molecule has 0 aliphatic rings. The molecule has 0 bridgehead atoms. The van der Waals surface area contributed by atoms with Crippen molar-refractivity contribution < 1.29 is 28.5 Å². The van der Waals surface area contributed by atoms with Gasteiger partial charge < -0.3 is 29.2 Å². The molecule has 1 atom stereocenters. The number of carbonyl (C=O) groups excluding carboxylic acids is 2. The van der Waals surface area contributed by atoms with E-state index in [4.69, 9.17) is 18.9 Å². The van der Waals surface area contributed by atoms with Gasteiger partial charge in [-0.15, -0.1) is 0 Å². The predicted octanol–water partition coefficient (Wildman–Crippen LogP) is 6.89. The van der Waals surface area contributed by atoms with Gasteiger partial charge in [-0.25, -0.2) is 0 Å². The molecule has 8 nitrogen and oxygen atoms in total. The van der Waals surface area contributed by atoms with Crippen LogP contribution in [-0.4, -0.2) is 70.1 Å². The third kappa shape index (κ3) is 10.9. The van der Waals surface area contributed by atoms with E-state index in [1.807, 2.05) is 62.5 Å². The number of hydrogen-bond acceptors (Lipinski definition) is 6. The molecule has 4 aromatic carbocycles. The maximum absolute atomic E-state index is 13.4. The molecule has 47 heavy (non-hydrogen) atoms. The topological polar surface area (TPSA) is 86.3 Å². The van der Waals surface area contributed by atoms with Gasteiger partial charge >= 0.3 is 0 Å². The van der Waals surface area contributed by atoms with Crippen LogP contribution in [0.1, 0.15) is 48.7 Å². The quantitative estimate of drug-likeness (QED) is 0.0942. The second kappa shape index (κ2) is 18.2. The zero-order valence-corrected chi connectivity index (χ0v) is 28.3. The molecular formula is C39H48N2O6. The van der Waals surface area contributed by atoms with E-state index in [0.717, 1.165) is 39.4 Å². The lowest BCUT2D eigenvalue weighted by atomic mass is 9.99. The van der Waals surface area contributed by atoms with Gasteiger partial charge in [0.25, 0.3) is 5.91 Å². The van der Waals surface area contributed by atoms with E-state index in [1.165, 1.54) is 0 Å². The Morgan fingerprint density at radius 2 is 1.62 bits per heavy atom. The first-order chi connectivity index (χ1) is 22.8. The summed E-state index contributed by atoms with van der Waals surface area (Å²) in [6.07, 6.45) is 0.943. The maximum atomic E-state index is 13.4. The molecule has 4 aromatic rings. The molecule has 4 rings (SSSR count). The summed E-state index contributed by atoms with van der Waals surface area (Å²) in [6, 6.07) is 28.0. The van der Waals surface area contributed by atoms with Crippen LogP contribution in [0, 0.1) is 5.92 Å². The molecular weight excluding hydrogens is 592 g/mol. The smallest absolute Gasteiger partial charge is 0.253 e. The Hall–Kier alpha value is -4.24. The van der Waals surface area contributed by atoms with Crippen molar-refractivity contribution in [2.45, 2.75) is 46.3 Å². The highest BCUT2D eigenvalue weighted by atomic mass is 16.7. The van der Waals surface area contributed by atoms with Gasteiger partial charge in [0.1, 0.15) is 11.9 Å². The summed E-state index contributed by atoms with van der Waals surface area (Å²) in [5, 5.41) is 4.96. The lowest BCUT2D eigenvalue weighted by molar-refractivity contribution is -0.132. The maximum Gasteiger partial charge on any atom is 0.253 e. The van der Waals surface area contributed by atoms with E-state index in [9.17, 15) is 9.59 Å². The number of ether oxygens (including phenoxy) is 4. The summed E-state index contributed by atoms with van der Waals surface area (Å²) in [5.74, 6) is 1.12. The minimum absolute atomic E-state index is 0.0504. The second-order valence-corrected chi connectivity index (χ2v) is 12.1. The number of nitrogens with one attached hydrogen (secondary N) is 1. The van der Waals surface area contributed by atoms with E-state index in [1.54, 1.807) is 12.0 Å². The number of rotatable bonds is 18. The number of nitrogens with zero attached hydrogens (tertiary/aromatic N) is 1. The average Bonchev–Trinajstić information content (AvgIpc) is 3.07. The fourth-order valence-corrected chi connectivity index (χ4v) is 5.25. The van der Waals surface area contributed by atoms with Crippen LogP contribution in [0.15, 0.2) is 84.9 Å². The molecule has 2 amide bonds. The fraction of sp³-hybridized carbons (Fsp3) is 0.385. The predicted molar refractivity (Wildman–Crippen MR) is 187 cm³/mol. The largest absolute Gasteiger partial charge is 0.468 e. The average molecular weight is 641 g/mol. The van der Waals surface area contributed by atoms with E-state index in [0.29, 0.717) is 56.6 Å². The van der Waals surface area contributed by atoms with Gasteiger partial charge in [-0.1, -0.05) is 68.4 Å². The van der Waals surface area contributed by atoms with E-state index >= 15 is 0 Å². The second-order valence-electron chi connectivity index (χ2n) is 12.1. The molecule has 0 saturated heterocycles. The number of fused-ring (bicyclic) bond motifs is 1. The minimum Gasteiger partial charge on any atom is -0.468 e. The van der Waals surface area contributed by atoms with Gasteiger partial charge in [0, 0.05) is 45.8 Å². The standard InChI is InChI=1S/C39H48N2O6/c1-6-46-37(38(42)40-19-18-28(2)3)23-29-10-12-31(13-11-29)32-9-7-8-30(22-32)26-41(4)39(43)35-15-14-34-25-36(17-16-33(34)24-35)47-27-45-21-20-44-5/h7-17,22,24-25,28,37H,6,18-21,23,26-27H2,1-5H3,(H,40,42). The Labute approximate surface area is 279 Å². The lowest BCUT2D eigenvalue weighted by Gasteiger charge is -2.19. The zero-order valence-electron chi connectivity index (χ0n) is 28.3. The van der Waals surface area contributed by atoms with Crippen molar-refractivity contribution in [3.63, 3.8) is 0 Å². The first kappa shape index (κ1) is 35.6. The van der Waals surface area contributed by atoms with E-state index in [2.05, 4.69) is 55.6 Å². The summed E-state index contributed by atoms with van der Waals surface area (Å²) in [5.41, 5.74) is 4.84. The molecule has 0 radical (unpaired) electrons. The third-order valence-electron chi connectivity index (χ3n) is 7.88. The summed E-state index contributed by atoms with van der Waals surface area (Å²) in [7, 11) is 3.45. The van der Waals surface area contributed by atoms with Gasteiger partial charge in [0.05, 0.1) is 13.2 Å². The molecule has 0 aromatic heterocycles. The van der Waals surface area contributed by atoms with Crippen molar-refractivity contribution in [3.8, 4) is 16.9 Å². The number of hydrogen-bond donors (Lipinski definition) is 1. The first-order valence-corrected chi connectivity index (χ1v) is 16.3. The molecule has 0 saturated carbocycles. The fourth-order valence-electron chi connectivity index (χ4n) is 5.25. The van der Waals surface area contributed by atoms with Crippen molar-refractivity contribution in [2.24, 2.45) is 5.92 Å². The molecule has 0 fully saturated rings. The first-order valence-electron chi connectivity index (χ1n) is 16.3. The highest BCUT2D eigenvalue weighted by molar-refractivity contribution is 5.98.